The molecule has 0 bridgehead atoms. The summed E-state index contributed by atoms with van der Waals surface area (Å²) in [7, 11) is 0. The lowest BCUT2D eigenvalue weighted by Crippen LogP contribution is -2.19. The summed E-state index contributed by atoms with van der Waals surface area (Å²) in [5, 5.41) is 3.31. The van der Waals surface area contributed by atoms with E-state index in [1.165, 1.54) is 11.8 Å². The summed E-state index contributed by atoms with van der Waals surface area (Å²) in [6.45, 7) is 0. The van der Waals surface area contributed by atoms with Gasteiger partial charge in [0.1, 0.15) is 5.75 Å². The third kappa shape index (κ3) is 4.98. The van der Waals surface area contributed by atoms with E-state index in [1.54, 1.807) is 42.5 Å². The number of thioether (sulfide) groups is 1. The van der Waals surface area contributed by atoms with Crippen LogP contribution in [0, 0.1) is 3.57 Å². The summed E-state index contributed by atoms with van der Waals surface area (Å²) < 4.78 is 6.27. The summed E-state index contributed by atoms with van der Waals surface area (Å²) in [6.07, 6.45) is 1.78. The molecule has 1 fully saturated rings. The predicted molar refractivity (Wildman–Crippen MR) is 128 cm³/mol. The average molecular weight is 526 g/mol. The number of amidine groups is 1. The van der Waals surface area contributed by atoms with Gasteiger partial charge in [0, 0.05) is 3.57 Å². The number of benzene rings is 3. The largest absolute Gasteiger partial charge is 0.423 e. The van der Waals surface area contributed by atoms with Gasteiger partial charge in [-0.3, -0.25) is 4.79 Å². The van der Waals surface area contributed by atoms with Crippen molar-refractivity contribution in [2.45, 2.75) is 0 Å². The highest BCUT2D eigenvalue weighted by atomic mass is 127. The first-order valence-electron chi connectivity index (χ1n) is 9.00. The minimum Gasteiger partial charge on any atom is -0.423 e. The number of nitrogens with zero attached hydrogens (tertiary/aromatic N) is 1. The highest BCUT2D eigenvalue weighted by Crippen LogP contribution is 2.28. The molecule has 5 nitrogen and oxygen atoms in total. The first-order valence-corrected chi connectivity index (χ1v) is 10.9. The SMILES string of the molecule is O=C1NC(=Nc2ccccc2)S/C1=C\c1ccc(OC(=O)c2ccccc2I)cc1. The van der Waals surface area contributed by atoms with Crippen LogP contribution < -0.4 is 10.1 Å². The lowest BCUT2D eigenvalue weighted by Gasteiger charge is -2.06. The number of amides is 1. The fourth-order valence-corrected chi connectivity index (χ4v) is 4.12. The van der Waals surface area contributed by atoms with Crippen LogP contribution in [-0.4, -0.2) is 17.0 Å². The molecular weight excluding hydrogens is 511 g/mol. The minimum absolute atomic E-state index is 0.191. The summed E-state index contributed by atoms with van der Waals surface area (Å²) in [6, 6.07) is 23.7. The zero-order valence-electron chi connectivity index (χ0n) is 15.5. The molecule has 0 radical (unpaired) electrons. The van der Waals surface area contributed by atoms with Crippen molar-refractivity contribution in [3.05, 3.63) is 98.5 Å². The molecule has 30 heavy (non-hydrogen) atoms. The van der Waals surface area contributed by atoms with Crippen LogP contribution in [0.4, 0.5) is 5.69 Å². The number of aliphatic imine (C=N–C) groups is 1. The maximum atomic E-state index is 12.3. The van der Waals surface area contributed by atoms with Gasteiger partial charge in [-0.15, -0.1) is 0 Å². The van der Waals surface area contributed by atoms with Crippen LogP contribution in [-0.2, 0) is 4.79 Å². The van der Waals surface area contributed by atoms with E-state index in [1.807, 2.05) is 42.5 Å². The first kappa shape index (κ1) is 20.4. The van der Waals surface area contributed by atoms with Crippen molar-refractivity contribution in [2.24, 2.45) is 4.99 Å². The van der Waals surface area contributed by atoms with Gasteiger partial charge < -0.3 is 10.1 Å². The number of carbonyl (C=O) groups excluding carboxylic acids is 2. The van der Waals surface area contributed by atoms with Crippen molar-refractivity contribution in [1.29, 1.82) is 0 Å². The summed E-state index contributed by atoms with van der Waals surface area (Å²) in [5.41, 5.74) is 2.12. The second kappa shape index (κ2) is 9.27. The first-order chi connectivity index (χ1) is 14.6. The van der Waals surface area contributed by atoms with Gasteiger partial charge in [-0.25, -0.2) is 9.79 Å². The number of ether oxygens (including phenoxy) is 1. The van der Waals surface area contributed by atoms with Gasteiger partial charge in [0.2, 0.25) is 0 Å². The van der Waals surface area contributed by atoms with E-state index in [2.05, 4.69) is 32.9 Å². The Morgan fingerprint density at radius 3 is 2.40 bits per heavy atom. The zero-order valence-corrected chi connectivity index (χ0v) is 18.5. The molecule has 148 valence electrons. The topological polar surface area (TPSA) is 67.8 Å². The van der Waals surface area contributed by atoms with E-state index in [4.69, 9.17) is 4.74 Å². The Hall–Kier alpha value is -2.91. The van der Waals surface area contributed by atoms with E-state index in [-0.39, 0.29) is 5.91 Å². The molecule has 1 heterocycles. The standard InChI is InChI=1S/C23H15IN2O3S/c24-19-9-5-4-8-18(19)22(28)29-17-12-10-15(11-13-17)14-20-21(27)26-23(30-20)25-16-6-2-1-3-7-16/h1-14H,(H,25,26,27)/b20-14-. The monoisotopic (exact) mass is 526 g/mol. The third-order valence-corrected chi connectivity index (χ3v) is 5.97. The van der Waals surface area contributed by atoms with E-state index in [0.29, 0.717) is 21.4 Å². The molecule has 3 aromatic rings. The number of para-hydroxylation sites is 1. The van der Waals surface area contributed by atoms with Crippen LogP contribution in [0.3, 0.4) is 0 Å². The maximum absolute atomic E-state index is 12.3. The molecule has 1 N–H and O–H groups in total. The molecule has 4 rings (SSSR count). The summed E-state index contributed by atoms with van der Waals surface area (Å²) >= 11 is 3.39. The number of rotatable bonds is 4. The highest BCUT2D eigenvalue weighted by molar-refractivity contribution is 14.1. The minimum atomic E-state index is -0.404. The van der Waals surface area contributed by atoms with E-state index in [9.17, 15) is 9.59 Å². The maximum Gasteiger partial charge on any atom is 0.344 e. The number of esters is 1. The zero-order chi connectivity index (χ0) is 20.9. The second-order valence-corrected chi connectivity index (χ2v) is 8.45. The summed E-state index contributed by atoms with van der Waals surface area (Å²) in [4.78, 5) is 29.5. The van der Waals surface area contributed by atoms with Crippen LogP contribution in [0.15, 0.2) is 88.8 Å². The van der Waals surface area contributed by atoms with Crippen molar-refractivity contribution < 1.29 is 14.3 Å². The molecule has 1 aliphatic rings. The van der Waals surface area contributed by atoms with Gasteiger partial charge >= 0.3 is 5.97 Å². The van der Waals surface area contributed by atoms with Crippen molar-refractivity contribution >= 4 is 63.2 Å². The summed E-state index contributed by atoms with van der Waals surface area (Å²) in [5.74, 6) is -0.154. The molecule has 7 heteroatoms. The molecule has 1 saturated heterocycles. The Bertz CT molecular complexity index is 1160. The molecule has 0 aromatic heterocycles. The number of carbonyl (C=O) groups is 2. The smallest absolute Gasteiger partial charge is 0.344 e. The number of hydrogen-bond donors (Lipinski definition) is 1. The Morgan fingerprint density at radius 2 is 1.67 bits per heavy atom. The van der Waals surface area contributed by atoms with Crippen molar-refractivity contribution in [3.63, 3.8) is 0 Å². The van der Waals surface area contributed by atoms with Crippen molar-refractivity contribution in [2.75, 3.05) is 0 Å². The molecule has 1 amide bonds. The highest BCUT2D eigenvalue weighted by Gasteiger charge is 2.23. The number of nitrogens with one attached hydrogen (secondary N) is 1. The molecule has 0 spiro atoms. The van der Waals surface area contributed by atoms with E-state index >= 15 is 0 Å². The van der Waals surface area contributed by atoms with Crippen LogP contribution >= 0.6 is 34.4 Å². The molecule has 3 aromatic carbocycles. The van der Waals surface area contributed by atoms with Crippen LogP contribution in [0.1, 0.15) is 15.9 Å². The van der Waals surface area contributed by atoms with Gasteiger partial charge in [-0.2, -0.15) is 0 Å². The van der Waals surface area contributed by atoms with Crippen LogP contribution in [0.25, 0.3) is 6.08 Å². The van der Waals surface area contributed by atoms with Gasteiger partial charge in [-0.05, 0) is 82.4 Å². The Morgan fingerprint density at radius 1 is 0.967 bits per heavy atom. The molecular formula is C23H15IN2O3S. The quantitative estimate of drug-likeness (QED) is 0.214. The molecule has 0 unspecified atom stereocenters. The van der Waals surface area contributed by atoms with Crippen molar-refractivity contribution in [3.8, 4) is 5.75 Å². The fraction of sp³-hybridized carbons (Fsp3) is 0. The van der Waals surface area contributed by atoms with Gasteiger partial charge in [0.25, 0.3) is 5.91 Å². The van der Waals surface area contributed by atoms with E-state index < -0.39 is 5.97 Å². The Balaban J connectivity index is 1.45. The Labute approximate surface area is 191 Å². The lowest BCUT2D eigenvalue weighted by atomic mass is 10.2. The van der Waals surface area contributed by atoms with E-state index in [0.717, 1.165) is 14.8 Å². The normalized spacial score (nSPS) is 16.0. The van der Waals surface area contributed by atoms with Crippen LogP contribution in [0.5, 0.6) is 5.75 Å². The fourth-order valence-electron chi connectivity index (χ4n) is 2.67. The molecule has 0 aliphatic carbocycles. The van der Waals surface area contributed by atoms with Crippen molar-refractivity contribution in [1.82, 2.24) is 5.32 Å². The Kier molecular flexibility index (Phi) is 6.29. The van der Waals surface area contributed by atoms with Gasteiger partial charge in [-0.1, -0.05) is 42.5 Å². The van der Waals surface area contributed by atoms with Gasteiger partial charge in [0.15, 0.2) is 5.17 Å². The second-order valence-electron chi connectivity index (χ2n) is 6.26. The lowest BCUT2D eigenvalue weighted by molar-refractivity contribution is -0.115. The predicted octanol–water partition coefficient (Wildman–Crippen LogP) is 5.40. The van der Waals surface area contributed by atoms with Crippen LogP contribution in [0.2, 0.25) is 0 Å². The number of hydrogen-bond acceptors (Lipinski definition) is 5. The number of halogens is 1. The molecule has 1 aliphatic heterocycles. The average Bonchev–Trinajstić information content (AvgIpc) is 3.09. The van der Waals surface area contributed by atoms with Gasteiger partial charge in [0.05, 0.1) is 16.2 Å². The third-order valence-electron chi connectivity index (χ3n) is 4.12. The molecule has 0 atom stereocenters. The molecule has 0 saturated carbocycles.